The van der Waals surface area contributed by atoms with Gasteiger partial charge in [0, 0.05) is 5.02 Å². The molecule has 6 nitrogen and oxygen atoms in total. The van der Waals surface area contributed by atoms with Crippen molar-refractivity contribution in [2.24, 2.45) is 0 Å². The lowest BCUT2D eigenvalue weighted by Crippen LogP contribution is -2.38. The van der Waals surface area contributed by atoms with Gasteiger partial charge in [0.15, 0.2) is 0 Å². The molecule has 0 saturated heterocycles. The van der Waals surface area contributed by atoms with Crippen LogP contribution in [0.4, 0.5) is 15.8 Å². The number of anilines is 2. The minimum Gasteiger partial charge on any atom is -0.495 e. The molecule has 2 aromatic rings. The number of halogens is 2. The van der Waals surface area contributed by atoms with Crippen LogP contribution in [0.2, 0.25) is 5.02 Å². The largest absolute Gasteiger partial charge is 0.495 e. The fourth-order valence-electron chi connectivity index (χ4n) is 2.41. The maximum Gasteiger partial charge on any atom is 0.238 e. The van der Waals surface area contributed by atoms with E-state index in [1.807, 2.05) is 6.92 Å². The second kappa shape index (κ2) is 9.89. The van der Waals surface area contributed by atoms with Crippen molar-refractivity contribution in [1.29, 1.82) is 0 Å². The molecule has 0 fully saturated rings. The Morgan fingerprint density at radius 3 is 2.33 bits per heavy atom. The van der Waals surface area contributed by atoms with E-state index in [1.54, 1.807) is 29.2 Å². The second-order valence-electron chi connectivity index (χ2n) is 5.72. The highest BCUT2D eigenvalue weighted by atomic mass is 35.5. The van der Waals surface area contributed by atoms with Gasteiger partial charge in [0.2, 0.25) is 11.8 Å². The van der Waals surface area contributed by atoms with Gasteiger partial charge in [0.1, 0.15) is 11.6 Å². The van der Waals surface area contributed by atoms with Crippen molar-refractivity contribution in [3.63, 3.8) is 0 Å². The van der Waals surface area contributed by atoms with E-state index in [0.717, 1.165) is 0 Å². The fraction of sp³-hybridized carbons (Fsp3) is 0.263. The van der Waals surface area contributed by atoms with E-state index in [1.165, 1.54) is 25.3 Å². The van der Waals surface area contributed by atoms with Gasteiger partial charge >= 0.3 is 0 Å². The Kier molecular flexibility index (Phi) is 7.57. The number of hydrogen-bond donors (Lipinski definition) is 2. The number of amides is 2. The smallest absolute Gasteiger partial charge is 0.238 e. The van der Waals surface area contributed by atoms with Gasteiger partial charge in [-0.15, -0.1) is 0 Å². The first kappa shape index (κ1) is 20.7. The van der Waals surface area contributed by atoms with Gasteiger partial charge in [-0.1, -0.05) is 30.7 Å². The average molecular weight is 394 g/mol. The predicted molar refractivity (Wildman–Crippen MR) is 104 cm³/mol. The summed E-state index contributed by atoms with van der Waals surface area (Å²) >= 11 is 5.81. The summed E-state index contributed by atoms with van der Waals surface area (Å²) in [5.41, 5.74) is 0.550. The summed E-state index contributed by atoms with van der Waals surface area (Å²) in [4.78, 5) is 26.1. The number of para-hydroxylation sites is 2. The quantitative estimate of drug-likeness (QED) is 0.721. The minimum absolute atomic E-state index is 0.00000340. The van der Waals surface area contributed by atoms with Crippen LogP contribution in [-0.2, 0) is 9.59 Å². The molecule has 0 aliphatic heterocycles. The highest BCUT2D eigenvalue weighted by Gasteiger charge is 2.15. The number of methoxy groups -OCH3 is 1. The molecule has 0 radical (unpaired) electrons. The number of nitrogens with one attached hydrogen (secondary N) is 2. The minimum atomic E-state index is -0.579. The van der Waals surface area contributed by atoms with Crippen molar-refractivity contribution in [3.8, 4) is 5.75 Å². The number of nitrogens with zero attached hydrogens (tertiary/aromatic N) is 1. The highest BCUT2D eigenvalue weighted by Crippen LogP contribution is 2.23. The van der Waals surface area contributed by atoms with Crippen molar-refractivity contribution in [2.75, 3.05) is 37.4 Å². The Labute approximate surface area is 162 Å². The number of carbonyl (C=O) groups excluding carboxylic acids is 2. The zero-order chi connectivity index (χ0) is 19.8. The average Bonchev–Trinajstić information content (AvgIpc) is 2.64. The number of likely N-dealkylation sites (N-methyl/N-ethyl adjacent to an activating group) is 1. The standard InChI is InChI=1S/C19H21ClFN3O3/c1-3-24(11-18(25)22-15-6-4-5-7-17(15)27-2)12-19(26)23-16-10-13(20)8-9-14(16)21/h4-10H,3,11-12H2,1-2H3,(H,22,25)(H,23,26). The molecule has 8 heteroatoms. The van der Waals surface area contributed by atoms with E-state index in [-0.39, 0.29) is 24.7 Å². The van der Waals surface area contributed by atoms with Crippen LogP contribution in [-0.4, -0.2) is 43.5 Å². The Bertz CT molecular complexity index is 817. The van der Waals surface area contributed by atoms with E-state index in [2.05, 4.69) is 10.6 Å². The molecule has 0 aromatic heterocycles. The number of hydrogen-bond acceptors (Lipinski definition) is 4. The van der Waals surface area contributed by atoms with Crippen LogP contribution in [0, 0.1) is 5.82 Å². The second-order valence-corrected chi connectivity index (χ2v) is 6.16. The molecule has 2 aromatic carbocycles. The van der Waals surface area contributed by atoms with E-state index in [9.17, 15) is 14.0 Å². The van der Waals surface area contributed by atoms with Crippen molar-refractivity contribution >= 4 is 34.8 Å². The van der Waals surface area contributed by atoms with E-state index in [4.69, 9.17) is 16.3 Å². The number of rotatable bonds is 8. The normalized spacial score (nSPS) is 10.6. The van der Waals surface area contributed by atoms with Crippen molar-refractivity contribution in [2.45, 2.75) is 6.92 Å². The van der Waals surface area contributed by atoms with Gasteiger partial charge in [-0.3, -0.25) is 14.5 Å². The molecule has 0 bridgehead atoms. The lowest BCUT2D eigenvalue weighted by Gasteiger charge is -2.20. The van der Waals surface area contributed by atoms with Gasteiger partial charge < -0.3 is 15.4 Å². The molecule has 0 atom stereocenters. The molecular weight excluding hydrogens is 373 g/mol. The first-order chi connectivity index (χ1) is 12.9. The number of benzene rings is 2. The van der Waals surface area contributed by atoms with Crippen molar-refractivity contribution in [1.82, 2.24) is 4.90 Å². The van der Waals surface area contributed by atoms with E-state index < -0.39 is 11.7 Å². The maximum absolute atomic E-state index is 13.7. The van der Waals surface area contributed by atoms with Crippen LogP contribution in [0.3, 0.4) is 0 Å². The summed E-state index contributed by atoms with van der Waals surface area (Å²) in [6.45, 7) is 2.22. The van der Waals surface area contributed by atoms with Crippen LogP contribution >= 0.6 is 11.6 Å². The number of carbonyl (C=O) groups is 2. The first-order valence-corrected chi connectivity index (χ1v) is 8.70. The summed E-state index contributed by atoms with van der Waals surface area (Å²) in [7, 11) is 1.52. The molecular formula is C19H21ClFN3O3. The van der Waals surface area contributed by atoms with Crippen LogP contribution in [0.5, 0.6) is 5.75 Å². The Morgan fingerprint density at radius 1 is 1.07 bits per heavy atom. The summed E-state index contributed by atoms with van der Waals surface area (Å²) < 4.78 is 18.9. The number of ether oxygens (including phenoxy) is 1. The predicted octanol–water partition coefficient (Wildman–Crippen LogP) is 3.39. The molecule has 0 heterocycles. The Hall–Kier alpha value is -2.64. The monoisotopic (exact) mass is 393 g/mol. The highest BCUT2D eigenvalue weighted by molar-refractivity contribution is 6.30. The summed E-state index contributed by atoms with van der Waals surface area (Å²) in [6, 6.07) is 10.9. The summed E-state index contributed by atoms with van der Waals surface area (Å²) in [5.74, 6) is -0.765. The zero-order valence-electron chi connectivity index (χ0n) is 15.1. The Morgan fingerprint density at radius 2 is 1.70 bits per heavy atom. The van der Waals surface area contributed by atoms with Crippen LogP contribution in [0.25, 0.3) is 0 Å². The zero-order valence-corrected chi connectivity index (χ0v) is 15.8. The molecule has 27 heavy (non-hydrogen) atoms. The molecule has 0 aliphatic carbocycles. The molecule has 0 spiro atoms. The van der Waals surface area contributed by atoms with Gasteiger partial charge in [-0.05, 0) is 36.9 Å². The topological polar surface area (TPSA) is 70.7 Å². The lowest BCUT2D eigenvalue weighted by atomic mass is 10.3. The van der Waals surface area contributed by atoms with Gasteiger partial charge in [0.25, 0.3) is 0 Å². The molecule has 0 aliphatic rings. The Balaban J connectivity index is 1.93. The third kappa shape index (κ3) is 6.23. The van der Waals surface area contributed by atoms with Gasteiger partial charge in [-0.25, -0.2) is 4.39 Å². The lowest BCUT2D eigenvalue weighted by molar-refractivity contribution is -0.119. The first-order valence-electron chi connectivity index (χ1n) is 8.33. The molecule has 2 rings (SSSR count). The fourth-order valence-corrected chi connectivity index (χ4v) is 2.58. The van der Waals surface area contributed by atoms with Crippen molar-refractivity contribution in [3.05, 3.63) is 53.3 Å². The third-order valence-electron chi connectivity index (χ3n) is 3.77. The van der Waals surface area contributed by atoms with Gasteiger partial charge in [-0.2, -0.15) is 0 Å². The molecule has 0 saturated carbocycles. The van der Waals surface area contributed by atoms with Crippen LogP contribution in [0.1, 0.15) is 6.92 Å². The van der Waals surface area contributed by atoms with E-state index >= 15 is 0 Å². The molecule has 0 unspecified atom stereocenters. The summed E-state index contributed by atoms with van der Waals surface area (Å²) in [5, 5.41) is 5.53. The van der Waals surface area contributed by atoms with Crippen LogP contribution < -0.4 is 15.4 Å². The SMILES string of the molecule is CCN(CC(=O)Nc1cc(Cl)ccc1F)CC(=O)Nc1ccccc1OC. The van der Waals surface area contributed by atoms with E-state index in [0.29, 0.717) is 23.0 Å². The third-order valence-corrected chi connectivity index (χ3v) is 4.00. The van der Waals surface area contributed by atoms with Crippen molar-refractivity contribution < 1.29 is 18.7 Å². The maximum atomic E-state index is 13.7. The summed E-state index contributed by atoms with van der Waals surface area (Å²) in [6.07, 6.45) is 0. The van der Waals surface area contributed by atoms with Gasteiger partial charge in [0.05, 0.1) is 31.6 Å². The van der Waals surface area contributed by atoms with Crippen LogP contribution in [0.15, 0.2) is 42.5 Å². The molecule has 144 valence electrons. The molecule has 2 amide bonds. The molecule has 2 N–H and O–H groups in total.